The van der Waals surface area contributed by atoms with Gasteiger partial charge in [-0.15, -0.1) is 0 Å². The number of carbonyl (C=O) groups is 1. The molecule has 0 radical (unpaired) electrons. The molecule has 0 saturated carbocycles. The minimum atomic E-state index is -0.326. The number of hydrogen-bond donors (Lipinski definition) is 2. The van der Waals surface area contributed by atoms with Crippen LogP contribution in [0.2, 0.25) is 0 Å². The third-order valence-corrected chi connectivity index (χ3v) is 4.03. The number of para-hydroxylation sites is 1. The van der Waals surface area contributed by atoms with Gasteiger partial charge < -0.3 is 14.7 Å². The smallest absolute Gasteiger partial charge is 0.355 e. The number of nitrogens with one attached hydrogen (secondary N) is 2. The van der Waals surface area contributed by atoms with Gasteiger partial charge in [-0.05, 0) is 42.1 Å². The molecule has 0 atom stereocenters. The van der Waals surface area contributed by atoms with Gasteiger partial charge in [0, 0.05) is 28.2 Å². The molecule has 2 heterocycles. The molecule has 0 amide bonds. The van der Waals surface area contributed by atoms with Crippen molar-refractivity contribution in [3.63, 3.8) is 0 Å². The second-order valence-electron chi connectivity index (χ2n) is 5.42. The minimum Gasteiger partial charge on any atom is -0.461 e. The average molecular weight is 304 g/mol. The van der Waals surface area contributed by atoms with Gasteiger partial charge in [0.05, 0.1) is 6.61 Å². The molecule has 4 aromatic rings. The standard InChI is InChI=1S/C19H16N2O2/c1-2-23-19(22)18-17(14-5-3-4-6-16(14)21-18)13-7-8-15-12(11-13)9-10-20-15/h3-11,20-21H,2H2,1H3. The Bertz CT molecular complexity index is 1010. The van der Waals surface area contributed by atoms with E-state index in [1.165, 1.54) is 0 Å². The van der Waals surface area contributed by atoms with Crippen LogP contribution in [0.25, 0.3) is 32.9 Å². The molecule has 4 rings (SSSR count). The molecule has 2 aromatic heterocycles. The zero-order valence-electron chi connectivity index (χ0n) is 12.7. The molecule has 0 aliphatic rings. The van der Waals surface area contributed by atoms with Crippen LogP contribution in [0.4, 0.5) is 0 Å². The lowest BCUT2D eigenvalue weighted by atomic mass is 10.0. The van der Waals surface area contributed by atoms with Gasteiger partial charge in [-0.3, -0.25) is 0 Å². The summed E-state index contributed by atoms with van der Waals surface area (Å²) in [5, 5.41) is 2.13. The van der Waals surface area contributed by atoms with E-state index in [1.54, 1.807) is 0 Å². The second kappa shape index (κ2) is 5.32. The molecule has 0 spiro atoms. The molecule has 0 saturated heterocycles. The van der Waals surface area contributed by atoms with E-state index in [9.17, 15) is 4.79 Å². The Morgan fingerprint density at radius 3 is 2.83 bits per heavy atom. The highest BCUT2D eigenvalue weighted by Gasteiger charge is 2.20. The monoisotopic (exact) mass is 304 g/mol. The average Bonchev–Trinajstić information content (AvgIpc) is 3.18. The first-order valence-electron chi connectivity index (χ1n) is 7.63. The highest BCUT2D eigenvalue weighted by molar-refractivity contribution is 6.08. The molecular weight excluding hydrogens is 288 g/mol. The van der Waals surface area contributed by atoms with Crippen molar-refractivity contribution in [1.82, 2.24) is 9.97 Å². The molecule has 114 valence electrons. The number of carbonyl (C=O) groups excluding carboxylic acids is 1. The highest BCUT2D eigenvalue weighted by Crippen LogP contribution is 2.34. The fourth-order valence-electron chi connectivity index (χ4n) is 3.01. The Balaban J connectivity index is 1.99. The Morgan fingerprint density at radius 1 is 1.09 bits per heavy atom. The van der Waals surface area contributed by atoms with Crippen LogP contribution in [-0.2, 0) is 4.74 Å². The number of benzene rings is 2. The first kappa shape index (κ1) is 13.6. The predicted octanol–water partition coefficient (Wildman–Crippen LogP) is 4.49. The number of fused-ring (bicyclic) bond motifs is 2. The molecule has 0 bridgehead atoms. The molecule has 0 fully saturated rings. The molecule has 0 aliphatic heterocycles. The summed E-state index contributed by atoms with van der Waals surface area (Å²) < 4.78 is 5.22. The largest absolute Gasteiger partial charge is 0.461 e. The van der Waals surface area contributed by atoms with Crippen molar-refractivity contribution in [1.29, 1.82) is 0 Å². The molecule has 0 aliphatic carbocycles. The van der Waals surface area contributed by atoms with E-state index < -0.39 is 0 Å². The first-order chi connectivity index (χ1) is 11.3. The van der Waals surface area contributed by atoms with Crippen molar-refractivity contribution in [2.45, 2.75) is 6.92 Å². The lowest BCUT2D eigenvalue weighted by molar-refractivity contribution is 0.0521. The molecule has 4 heteroatoms. The quantitative estimate of drug-likeness (QED) is 0.548. The van der Waals surface area contributed by atoms with Gasteiger partial charge in [0.2, 0.25) is 0 Å². The molecule has 4 nitrogen and oxygen atoms in total. The van der Waals surface area contributed by atoms with Crippen LogP contribution in [0.3, 0.4) is 0 Å². The topological polar surface area (TPSA) is 57.9 Å². The van der Waals surface area contributed by atoms with E-state index in [2.05, 4.69) is 16.0 Å². The molecule has 2 N–H and O–H groups in total. The third kappa shape index (κ3) is 2.19. The summed E-state index contributed by atoms with van der Waals surface area (Å²) in [6.45, 7) is 2.16. The summed E-state index contributed by atoms with van der Waals surface area (Å²) in [6.07, 6.45) is 1.91. The van der Waals surface area contributed by atoms with Crippen LogP contribution in [0.1, 0.15) is 17.4 Å². The van der Waals surface area contributed by atoms with Gasteiger partial charge in [-0.2, -0.15) is 0 Å². The maximum atomic E-state index is 12.4. The fraction of sp³-hybridized carbons (Fsp3) is 0.105. The van der Waals surface area contributed by atoms with Gasteiger partial charge in [-0.25, -0.2) is 4.79 Å². The summed E-state index contributed by atoms with van der Waals surface area (Å²) in [6, 6.07) is 16.1. The van der Waals surface area contributed by atoms with Gasteiger partial charge in [0.25, 0.3) is 0 Å². The SMILES string of the molecule is CCOC(=O)c1[nH]c2ccccc2c1-c1ccc2[nH]ccc2c1. The van der Waals surface area contributed by atoms with Crippen molar-refractivity contribution < 1.29 is 9.53 Å². The van der Waals surface area contributed by atoms with Crippen LogP contribution in [-0.4, -0.2) is 22.5 Å². The van der Waals surface area contributed by atoms with Crippen LogP contribution >= 0.6 is 0 Å². The van der Waals surface area contributed by atoms with E-state index in [1.807, 2.05) is 55.6 Å². The summed E-state index contributed by atoms with van der Waals surface area (Å²) in [4.78, 5) is 18.8. The number of aromatic amines is 2. The number of H-pyrrole nitrogens is 2. The van der Waals surface area contributed by atoms with Crippen molar-refractivity contribution in [2.24, 2.45) is 0 Å². The van der Waals surface area contributed by atoms with Crippen LogP contribution < -0.4 is 0 Å². The van der Waals surface area contributed by atoms with Crippen molar-refractivity contribution >= 4 is 27.8 Å². The Hall–Kier alpha value is -3.01. The van der Waals surface area contributed by atoms with Crippen LogP contribution in [0.15, 0.2) is 54.7 Å². The summed E-state index contributed by atoms with van der Waals surface area (Å²) >= 11 is 0. The maximum Gasteiger partial charge on any atom is 0.355 e. The number of rotatable bonds is 3. The van der Waals surface area contributed by atoms with Gasteiger partial charge in [0.15, 0.2) is 0 Å². The number of ether oxygens (including phenoxy) is 1. The molecule has 0 unspecified atom stereocenters. The normalized spacial score (nSPS) is 11.2. The van der Waals surface area contributed by atoms with Crippen molar-refractivity contribution in [3.05, 3.63) is 60.4 Å². The summed E-state index contributed by atoms with van der Waals surface area (Å²) in [5.41, 5.74) is 4.40. The summed E-state index contributed by atoms with van der Waals surface area (Å²) in [7, 11) is 0. The lowest BCUT2D eigenvalue weighted by Gasteiger charge is -2.05. The fourth-order valence-corrected chi connectivity index (χ4v) is 3.01. The molecular formula is C19H16N2O2. The van der Waals surface area contributed by atoms with Gasteiger partial charge in [0.1, 0.15) is 5.69 Å². The van der Waals surface area contributed by atoms with Gasteiger partial charge in [-0.1, -0.05) is 24.3 Å². The van der Waals surface area contributed by atoms with Crippen LogP contribution in [0.5, 0.6) is 0 Å². The van der Waals surface area contributed by atoms with E-state index >= 15 is 0 Å². The summed E-state index contributed by atoms with van der Waals surface area (Å²) in [5.74, 6) is -0.326. The number of aromatic nitrogens is 2. The van der Waals surface area contributed by atoms with Crippen LogP contribution in [0, 0.1) is 0 Å². The second-order valence-corrected chi connectivity index (χ2v) is 5.42. The zero-order chi connectivity index (χ0) is 15.8. The Morgan fingerprint density at radius 2 is 1.96 bits per heavy atom. The van der Waals surface area contributed by atoms with Gasteiger partial charge >= 0.3 is 5.97 Å². The van der Waals surface area contributed by atoms with E-state index in [4.69, 9.17) is 4.74 Å². The molecule has 23 heavy (non-hydrogen) atoms. The lowest BCUT2D eigenvalue weighted by Crippen LogP contribution is -2.06. The van der Waals surface area contributed by atoms with Crippen molar-refractivity contribution in [2.75, 3.05) is 6.61 Å². The minimum absolute atomic E-state index is 0.326. The predicted molar refractivity (Wildman–Crippen MR) is 91.5 cm³/mol. The third-order valence-electron chi connectivity index (χ3n) is 4.03. The number of esters is 1. The van der Waals surface area contributed by atoms with E-state index in [0.717, 1.165) is 32.9 Å². The first-order valence-corrected chi connectivity index (χ1v) is 7.63. The molecule has 2 aromatic carbocycles. The number of hydrogen-bond acceptors (Lipinski definition) is 2. The highest BCUT2D eigenvalue weighted by atomic mass is 16.5. The Labute approximate surface area is 133 Å². The van der Waals surface area contributed by atoms with E-state index in [0.29, 0.717) is 12.3 Å². The zero-order valence-corrected chi connectivity index (χ0v) is 12.7. The Kier molecular flexibility index (Phi) is 3.15. The van der Waals surface area contributed by atoms with E-state index in [-0.39, 0.29) is 5.97 Å². The van der Waals surface area contributed by atoms with Crippen molar-refractivity contribution in [3.8, 4) is 11.1 Å². The maximum absolute atomic E-state index is 12.4.